The number of benzene rings is 1. The van der Waals surface area contributed by atoms with Gasteiger partial charge in [-0.1, -0.05) is 22.0 Å². The van der Waals surface area contributed by atoms with Gasteiger partial charge in [0.15, 0.2) is 0 Å². The molecule has 0 bridgehead atoms. The fourth-order valence-electron chi connectivity index (χ4n) is 2.23. The van der Waals surface area contributed by atoms with Crippen LogP contribution in [0.4, 0.5) is 0 Å². The maximum atomic E-state index is 10.2. The van der Waals surface area contributed by atoms with E-state index >= 15 is 0 Å². The lowest BCUT2D eigenvalue weighted by Gasteiger charge is -2.12. The number of aryl methyl sites for hydroxylation is 2. The maximum Gasteiger partial charge on any atom is 0.128 e. The third-order valence-electron chi connectivity index (χ3n) is 3.58. The van der Waals surface area contributed by atoms with Crippen molar-refractivity contribution in [3.05, 3.63) is 45.5 Å². The SMILES string of the molecule is Cc1sc2ncnc(SCC(O)COc3cccc(Br)c3)c2c1C. The minimum Gasteiger partial charge on any atom is -0.491 e. The molecule has 0 spiro atoms. The van der Waals surface area contributed by atoms with Gasteiger partial charge in [-0.2, -0.15) is 0 Å². The predicted octanol–water partition coefficient (Wildman–Crippen LogP) is 4.60. The quantitative estimate of drug-likeness (QED) is 0.462. The van der Waals surface area contributed by atoms with Gasteiger partial charge >= 0.3 is 0 Å². The van der Waals surface area contributed by atoms with Crippen LogP contribution in [0.5, 0.6) is 5.75 Å². The summed E-state index contributed by atoms with van der Waals surface area (Å²) in [7, 11) is 0. The molecule has 4 nitrogen and oxygen atoms in total. The summed E-state index contributed by atoms with van der Waals surface area (Å²) >= 11 is 6.62. The van der Waals surface area contributed by atoms with Crippen LogP contribution < -0.4 is 4.74 Å². The molecular weight excluding hydrogens is 408 g/mol. The zero-order valence-electron chi connectivity index (χ0n) is 13.3. The van der Waals surface area contributed by atoms with Gasteiger partial charge in [-0.05, 0) is 37.6 Å². The smallest absolute Gasteiger partial charge is 0.128 e. The highest BCUT2D eigenvalue weighted by Crippen LogP contribution is 2.34. The maximum absolute atomic E-state index is 10.2. The minimum atomic E-state index is -0.570. The molecule has 0 aliphatic rings. The number of thioether (sulfide) groups is 1. The number of hydrogen-bond acceptors (Lipinski definition) is 6. The number of thiophene rings is 1. The molecule has 1 N–H and O–H groups in total. The lowest BCUT2D eigenvalue weighted by atomic mass is 10.2. The summed E-state index contributed by atoms with van der Waals surface area (Å²) in [6.45, 7) is 4.44. The number of aliphatic hydroxyl groups excluding tert-OH is 1. The summed E-state index contributed by atoms with van der Waals surface area (Å²) < 4.78 is 6.58. The highest BCUT2D eigenvalue weighted by molar-refractivity contribution is 9.10. The van der Waals surface area contributed by atoms with Crippen LogP contribution in [0.1, 0.15) is 10.4 Å². The largest absolute Gasteiger partial charge is 0.491 e. The molecule has 126 valence electrons. The van der Waals surface area contributed by atoms with Crippen LogP contribution in [0.15, 0.2) is 40.1 Å². The molecule has 0 aliphatic carbocycles. The van der Waals surface area contributed by atoms with Crippen molar-refractivity contribution in [1.82, 2.24) is 9.97 Å². The van der Waals surface area contributed by atoms with E-state index in [0.29, 0.717) is 5.75 Å². The lowest BCUT2D eigenvalue weighted by molar-refractivity contribution is 0.126. The Morgan fingerprint density at radius 1 is 1.33 bits per heavy atom. The monoisotopic (exact) mass is 424 g/mol. The van der Waals surface area contributed by atoms with Crippen molar-refractivity contribution in [3.63, 3.8) is 0 Å². The molecule has 3 rings (SSSR count). The number of rotatable bonds is 6. The Kier molecular flexibility index (Phi) is 5.76. The van der Waals surface area contributed by atoms with Crippen LogP contribution in [0.2, 0.25) is 0 Å². The Morgan fingerprint density at radius 3 is 2.96 bits per heavy atom. The van der Waals surface area contributed by atoms with Gasteiger partial charge in [0.1, 0.15) is 28.5 Å². The van der Waals surface area contributed by atoms with Crippen molar-refractivity contribution >= 4 is 49.2 Å². The summed E-state index contributed by atoms with van der Waals surface area (Å²) in [6.07, 6.45) is 1.02. The zero-order valence-corrected chi connectivity index (χ0v) is 16.5. The zero-order chi connectivity index (χ0) is 17.1. The van der Waals surface area contributed by atoms with Crippen molar-refractivity contribution in [2.24, 2.45) is 0 Å². The number of nitrogens with zero attached hydrogens (tertiary/aromatic N) is 2. The Bertz CT molecular complexity index is 854. The van der Waals surface area contributed by atoms with E-state index in [1.165, 1.54) is 10.4 Å². The Hall–Kier alpha value is -1.15. The van der Waals surface area contributed by atoms with E-state index in [4.69, 9.17) is 4.74 Å². The topological polar surface area (TPSA) is 55.2 Å². The van der Waals surface area contributed by atoms with Crippen molar-refractivity contribution in [2.75, 3.05) is 12.4 Å². The summed E-state index contributed by atoms with van der Waals surface area (Å²) in [5.41, 5.74) is 1.22. The predicted molar refractivity (Wildman–Crippen MR) is 103 cm³/mol. The van der Waals surface area contributed by atoms with E-state index in [1.807, 2.05) is 24.3 Å². The van der Waals surface area contributed by atoms with Crippen LogP contribution >= 0.6 is 39.0 Å². The minimum absolute atomic E-state index is 0.249. The molecule has 0 saturated carbocycles. The Balaban J connectivity index is 1.61. The standard InChI is InChI=1S/C17H17BrN2O2S2/c1-10-11(2)24-17-15(10)16(19-9-20-17)23-8-13(21)7-22-14-5-3-4-12(18)6-14/h3-6,9,13,21H,7-8H2,1-2H3. The van der Waals surface area contributed by atoms with Gasteiger partial charge in [0.25, 0.3) is 0 Å². The molecule has 0 amide bonds. The third kappa shape index (κ3) is 4.08. The van der Waals surface area contributed by atoms with Gasteiger partial charge < -0.3 is 9.84 Å². The number of aliphatic hydroxyl groups is 1. The van der Waals surface area contributed by atoms with Gasteiger partial charge in [-0.25, -0.2) is 9.97 Å². The van der Waals surface area contributed by atoms with E-state index in [9.17, 15) is 5.11 Å². The van der Waals surface area contributed by atoms with Crippen LogP contribution in [0, 0.1) is 13.8 Å². The molecule has 2 aromatic heterocycles. The highest BCUT2D eigenvalue weighted by Gasteiger charge is 2.14. The number of fused-ring (bicyclic) bond motifs is 1. The molecule has 0 fully saturated rings. The summed E-state index contributed by atoms with van der Waals surface area (Å²) in [6, 6.07) is 7.59. The molecular formula is C17H17BrN2O2S2. The van der Waals surface area contributed by atoms with Gasteiger partial charge in [-0.3, -0.25) is 0 Å². The number of aromatic nitrogens is 2. The van der Waals surface area contributed by atoms with Crippen molar-refractivity contribution in [2.45, 2.75) is 25.0 Å². The second-order valence-corrected chi connectivity index (χ2v) is 8.50. The first-order valence-electron chi connectivity index (χ1n) is 7.44. The molecule has 2 heterocycles. The fourth-order valence-corrected chi connectivity index (χ4v) is 4.63. The normalized spacial score (nSPS) is 12.5. The average molecular weight is 425 g/mol. The van der Waals surface area contributed by atoms with E-state index in [0.717, 1.165) is 25.5 Å². The fraction of sp³-hybridized carbons (Fsp3) is 0.294. The molecule has 0 saturated heterocycles. The van der Waals surface area contributed by atoms with Crippen molar-refractivity contribution < 1.29 is 9.84 Å². The molecule has 7 heteroatoms. The van der Waals surface area contributed by atoms with E-state index in [2.05, 4.69) is 39.7 Å². The average Bonchev–Trinajstić information content (AvgIpc) is 2.86. The number of halogens is 1. The molecule has 0 radical (unpaired) electrons. The molecule has 1 aromatic carbocycles. The van der Waals surface area contributed by atoms with E-state index < -0.39 is 6.10 Å². The molecule has 3 aromatic rings. The molecule has 1 unspecified atom stereocenters. The van der Waals surface area contributed by atoms with Gasteiger partial charge in [0, 0.05) is 20.5 Å². The lowest BCUT2D eigenvalue weighted by Crippen LogP contribution is -2.20. The summed E-state index contributed by atoms with van der Waals surface area (Å²) in [5.74, 6) is 1.26. The first-order chi connectivity index (χ1) is 11.5. The Morgan fingerprint density at radius 2 is 2.17 bits per heavy atom. The van der Waals surface area contributed by atoms with Crippen LogP contribution in [0.3, 0.4) is 0 Å². The van der Waals surface area contributed by atoms with Gasteiger partial charge in [0.05, 0.1) is 6.10 Å². The molecule has 1 atom stereocenters. The van der Waals surface area contributed by atoms with Gasteiger partial charge in [-0.15, -0.1) is 23.1 Å². The first kappa shape index (κ1) is 17.7. The third-order valence-corrected chi connectivity index (χ3v) is 6.32. The van der Waals surface area contributed by atoms with Gasteiger partial charge in [0.2, 0.25) is 0 Å². The highest BCUT2D eigenvalue weighted by atomic mass is 79.9. The summed E-state index contributed by atoms with van der Waals surface area (Å²) in [5, 5.41) is 12.2. The molecule has 24 heavy (non-hydrogen) atoms. The van der Waals surface area contributed by atoms with Crippen molar-refractivity contribution in [1.29, 1.82) is 0 Å². The number of ether oxygens (including phenoxy) is 1. The van der Waals surface area contributed by atoms with E-state index in [1.54, 1.807) is 29.4 Å². The van der Waals surface area contributed by atoms with E-state index in [-0.39, 0.29) is 6.61 Å². The van der Waals surface area contributed by atoms with Crippen LogP contribution in [-0.4, -0.2) is 33.5 Å². The van der Waals surface area contributed by atoms with Crippen LogP contribution in [-0.2, 0) is 0 Å². The Labute approximate surface area is 157 Å². The van der Waals surface area contributed by atoms with Crippen LogP contribution in [0.25, 0.3) is 10.2 Å². The second kappa shape index (κ2) is 7.82. The number of hydrogen-bond donors (Lipinski definition) is 1. The van der Waals surface area contributed by atoms with Crippen molar-refractivity contribution in [3.8, 4) is 5.75 Å². The summed E-state index contributed by atoms with van der Waals surface area (Å²) in [4.78, 5) is 11.0. The second-order valence-electron chi connectivity index (χ2n) is 5.38. The molecule has 0 aliphatic heterocycles. The first-order valence-corrected chi connectivity index (χ1v) is 10.0.